The number of esters is 1. The van der Waals surface area contributed by atoms with Crippen LogP contribution in [0, 0.1) is 0 Å². The van der Waals surface area contributed by atoms with E-state index in [2.05, 4.69) is 10.6 Å². The number of carbonyl (C=O) groups is 3. The zero-order chi connectivity index (χ0) is 40.4. The summed E-state index contributed by atoms with van der Waals surface area (Å²) in [7, 11) is -10.0. The van der Waals surface area contributed by atoms with Crippen LogP contribution >= 0.6 is 15.6 Å². The van der Waals surface area contributed by atoms with Crippen LogP contribution in [0.5, 0.6) is 28.7 Å². The highest BCUT2D eigenvalue weighted by atomic mass is 31.2. The Kier molecular flexibility index (Phi) is 9.23. The summed E-state index contributed by atoms with van der Waals surface area (Å²) in [4.78, 5) is 90.3. The van der Waals surface area contributed by atoms with Crippen molar-refractivity contribution in [3.63, 3.8) is 0 Å². The number of benzene rings is 4. The summed E-state index contributed by atoms with van der Waals surface area (Å²) < 4.78 is 50.0. The van der Waals surface area contributed by atoms with Gasteiger partial charge in [0.15, 0.2) is 5.60 Å². The number of phenolic OH excluding ortho intramolecular Hbond substituents is 1. The monoisotopic (exact) mass is 820 g/mol. The molecule has 4 aromatic carbocycles. The van der Waals surface area contributed by atoms with Crippen LogP contribution in [0.1, 0.15) is 73.4 Å². The minimum atomic E-state index is -5.02. The van der Waals surface area contributed by atoms with E-state index >= 15 is 0 Å². The predicted molar refractivity (Wildman–Crippen MR) is 195 cm³/mol. The van der Waals surface area contributed by atoms with E-state index in [1.807, 2.05) is 0 Å². The van der Waals surface area contributed by atoms with Crippen molar-refractivity contribution in [3.05, 3.63) is 123 Å². The van der Waals surface area contributed by atoms with Gasteiger partial charge < -0.3 is 38.7 Å². The number of ether oxygens (including phenoxy) is 2. The number of hydrogen-bond donors (Lipinski definition) is 7. The molecule has 18 nitrogen and oxygen atoms in total. The van der Waals surface area contributed by atoms with Gasteiger partial charge in [0, 0.05) is 57.9 Å². The Morgan fingerprint density at radius 3 is 1.86 bits per heavy atom. The second kappa shape index (κ2) is 13.9. The number of amides is 2. The molecule has 5 aromatic rings. The summed E-state index contributed by atoms with van der Waals surface area (Å²) in [5.74, 6) is -2.76. The van der Waals surface area contributed by atoms with Gasteiger partial charge in [0.05, 0.1) is 5.56 Å². The van der Waals surface area contributed by atoms with E-state index in [0.29, 0.717) is 31.1 Å². The SMILES string of the molecule is O=C(NC1CCC(NC(=O)c2cc3ccc(O)cc3oc2=O)CC1)c1ccc2c(c1)C1(OC2=O)c2ccc(OP(=O)(O)O)cc2Oc2cc(OP(=O)(O)O)ccc21. The van der Waals surface area contributed by atoms with Gasteiger partial charge >= 0.3 is 27.2 Å². The number of aromatic hydroxyl groups is 1. The van der Waals surface area contributed by atoms with Gasteiger partial charge in [0.2, 0.25) is 0 Å². The van der Waals surface area contributed by atoms with E-state index in [1.54, 1.807) is 0 Å². The zero-order valence-corrected chi connectivity index (χ0v) is 30.9. The highest BCUT2D eigenvalue weighted by molar-refractivity contribution is 7.47. The molecule has 0 unspecified atom stereocenters. The van der Waals surface area contributed by atoms with Crippen LogP contribution < -0.4 is 30.0 Å². The molecule has 1 aliphatic carbocycles. The smallest absolute Gasteiger partial charge is 0.508 e. The number of phenols is 1. The molecule has 7 N–H and O–H groups in total. The fraction of sp³-hybridized carbons (Fsp3) is 0.189. The van der Waals surface area contributed by atoms with Crippen molar-refractivity contribution in [2.24, 2.45) is 0 Å². The maximum atomic E-state index is 13.7. The number of hydrogen-bond acceptors (Lipinski definition) is 12. The third-order valence-electron chi connectivity index (χ3n) is 9.82. The summed E-state index contributed by atoms with van der Waals surface area (Å²) >= 11 is 0. The highest BCUT2D eigenvalue weighted by Crippen LogP contribution is 2.58. The van der Waals surface area contributed by atoms with E-state index < -0.39 is 44.7 Å². The van der Waals surface area contributed by atoms with Crippen LogP contribution in [0.4, 0.5) is 0 Å². The van der Waals surface area contributed by atoms with E-state index in [0.717, 1.165) is 12.1 Å². The first-order valence-corrected chi connectivity index (χ1v) is 20.3. The molecule has 0 bridgehead atoms. The third-order valence-corrected chi connectivity index (χ3v) is 10.7. The second-order valence-electron chi connectivity index (χ2n) is 13.6. The minimum Gasteiger partial charge on any atom is -0.508 e. The number of rotatable bonds is 8. The number of nitrogens with one attached hydrogen (secondary N) is 2. The standard InChI is InChI=1S/C37H30N2O16P2/c40-22-7-1-18-13-26(35(43)52-30(18)15-22)34(42)39-21-5-3-20(4-6-21)38-33(41)19-2-10-25-29(14-19)37(53-36(25)44)27-11-8-23(54-56(45,46)47)16-31(27)51-32-17-24(9-12-28(32)37)55-57(48,49)50/h1-2,7-17,20-21,40H,3-6H2,(H,38,41)(H,39,42)(H2,45,46,47)(H2,48,49,50). The molecular formula is C37H30N2O16P2. The van der Waals surface area contributed by atoms with Crippen molar-refractivity contribution in [1.82, 2.24) is 10.6 Å². The van der Waals surface area contributed by atoms with Crippen LogP contribution in [0.3, 0.4) is 0 Å². The van der Waals surface area contributed by atoms with Crippen LogP contribution in [0.2, 0.25) is 0 Å². The minimum absolute atomic E-state index is 0.0874. The molecule has 8 rings (SSSR count). The molecule has 0 radical (unpaired) electrons. The highest BCUT2D eigenvalue weighted by Gasteiger charge is 2.54. The Labute approximate surface area is 320 Å². The van der Waals surface area contributed by atoms with Crippen molar-refractivity contribution >= 4 is 44.4 Å². The summed E-state index contributed by atoms with van der Waals surface area (Å²) in [5.41, 5.74) is -1.89. The molecule has 1 aromatic heterocycles. The number of carbonyl (C=O) groups excluding carboxylic acids is 3. The average molecular weight is 821 g/mol. The van der Waals surface area contributed by atoms with E-state index in [-0.39, 0.29) is 79.8 Å². The van der Waals surface area contributed by atoms with Gasteiger partial charge in [-0.25, -0.2) is 18.7 Å². The first kappa shape index (κ1) is 37.9. The molecule has 57 heavy (non-hydrogen) atoms. The number of fused-ring (bicyclic) bond motifs is 7. The van der Waals surface area contributed by atoms with Gasteiger partial charge in [-0.3, -0.25) is 29.2 Å². The topological polar surface area (TPSA) is 278 Å². The molecule has 1 spiro atoms. The first-order valence-electron chi connectivity index (χ1n) is 17.2. The normalized spacial score (nSPS) is 18.1. The van der Waals surface area contributed by atoms with Gasteiger partial charge in [-0.15, -0.1) is 0 Å². The molecule has 1 fully saturated rings. The molecule has 0 saturated heterocycles. The summed E-state index contributed by atoms with van der Waals surface area (Å²) in [6, 6.07) is 16.8. The van der Waals surface area contributed by atoms with Gasteiger partial charge in [-0.05, 0) is 86.3 Å². The number of phosphoric acid groups is 2. The summed E-state index contributed by atoms with van der Waals surface area (Å²) in [6.45, 7) is 0. The molecule has 2 aliphatic heterocycles. The van der Waals surface area contributed by atoms with Crippen molar-refractivity contribution in [1.29, 1.82) is 0 Å². The molecule has 1 saturated carbocycles. The lowest BCUT2D eigenvalue weighted by Crippen LogP contribution is -2.44. The van der Waals surface area contributed by atoms with Crippen LogP contribution in [0.15, 0.2) is 88.1 Å². The molecule has 2 amide bonds. The van der Waals surface area contributed by atoms with Gasteiger partial charge in [-0.1, -0.05) is 0 Å². The van der Waals surface area contributed by atoms with Crippen molar-refractivity contribution in [2.45, 2.75) is 43.4 Å². The maximum absolute atomic E-state index is 13.7. The average Bonchev–Trinajstić information content (AvgIpc) is 3.41. The van der Waals surface area contributed by atoms with Gasteiger partial charge in [0.25, 0.3) is 11.8 Å². The lowest BCUT2D eigenvalue weighted by molar-refractivity contribution is 0.0224. The summed E-state index contributed by atoms with van der Waals surface area (Å²) in [6.07, 6.45) is 1.92. The van der Waals surface area contributed by atoms with Crippen LogP contribution in [0.25, 0.3) is 11.0 Å². The fourth-order valence-electron chi connectivity index (χ4n) is 7.38. The molecule has 3 heterocycles. The van der Waals surface area contributed by atoms with Crippen LogP contribution in [-0.2, 0) is 19.5 Å². The molecular weight excluding hydrogens is 790 g/mol. The lowest BCUT2D eigenvalue weighted by atomic mass is 9.77. The zero-order valence-electron chi connectivity index (χ0n) is 29.1. The Balaban J connectivity index is 1.04. The Morgan fingerprint density at radius 2 is 1.28 bits per heavy atom. The van der Waals surface area contributed by atoms with E-state index in [1.165, 1.54) is 66.7 Å². The van der Waals surface area contributed by atoms with E-state index in [9.17, 15) is 53.0 Å². The van der Waals surface area contributed by atoms with Crippen molar-refractivity contribution in [3.8, 4) is 28.7 Å². The Hall–Kier alpha value is -6.00. The molecule has 294 valence electrons. The largest absolute Gasteiger partial charge is 0.524 e. The fourth-order valence-corrected chi connectivity index (χ4v) is 8.16. The number of phosphoric ester groups is 2. The maximum Gasteiger partial charge on any atom is 0.524 e. The molecule has 20 heteroatoms. The Bertz CT molecular complexity index is 2600. The predicted octanol–water partition coefficient (Wildman–Crippen LogP) is 4.48. The third kappa shape index (κ3) is 7.37. The molecule has 0 atom stereocenters. The second-order valence-corrected chi connectivity index (χ2v) is 15.9. The Morgan fingerprint density at radius 1 is 0.702 bits per heavy atom. The van der Waals surface area contributed by atoms with Gasteiger partial charge in [0.1, 0.15) is 39.9 Å². The van der Waals surface area contributed by atoms with Crippen LogP contribution in [-0.4, -0.2) is 54.5 Å². The van der Waals surface area contributed by atoms with Gasteiger partial charge in [-0.2, -0.15) is 0 Å². The quantitative estimate of drug-likeness (QED) is 0.0646. The molecule has 3 aliphatic rings. The lowest BCUT2D eigenvalue weighted by Gasteiger charge is -2.36. The van der Waals surface area contributed by atoms with E-state index in [4.69, 9.17) is 22.9 Å². The summed E-state index contributed by atoms with van der Waals surface area (Å²) in [5, 5.41) is 16.0. The first-order chi connectivity index (χ1) is 27.0. The van der Waals surface area contributed by atoms with Crippen molar-refractivity contribution < 1.29 is 71.1 Å². The van der Waals surface area contributed by atoms with Crippen molar-refractivity contribution in [2.75, 3.05) is 0 Å².